The van der Waals surface area contributed by atoms with Gasteiger partial charge in [-0.3, -0.25) is 9.78 Å². The molecule has 1 fully saturated rings. The number of hydrogen-bond acceptors (Lipinski definition) is 3. The van der Waals surface area contributed by atoms with Gasteiger partial charge in [0, 0.05) is 15.1 Å². The number of hydrogen-bond donors (Lipinski definition) is 2. The molecular weight excluding hydrogens is 346 g/mol. The molecule has 78 valence electrons. The monoisotopic (exact) mass is 349 g/mol. The number of pyridine rings is 1. The van der Waals surface area contributed by atoms with Crippen LogP contribution >= 0.6 is 44.1 Å². The second-order valence-corrected chi connectivity index (χ2v) is 5.09. The minimum absolute atomic E-state index is 0.185. The van der Waals surface area contributed by atoms with Crippen LogP contribution < -0.4 is 10.6 Å². The lowest BCUT2D eigenvalue weighted by molar-refractivity contribution is -0.120. The SMILES string of the molecule is O=C1NC(=S)NC1c1ncc(Br)cc1Br. The summed E-state index contributed by atoms with van der Waals surface area (Å²) in [5.74, 6) is -0.185. The van der Waals surface area contributed by atoms with E-state index in [9.17, 15) is 4.79 Å². The number of rotatable bonds is 1. The molecule has 2 rings (SSSR count). The molecule has 0 spiro atoms. The van der Waals surface area contributed by atoms with Crippen LogP contribution in [0.15, 0.2) is 21.2 Å². The first kappa shape index (κ1) is 11.0. The molecule has 1 aliphatic rings. The van der Waals surface area contributed by atoms with Gasteiger partial charge in [0.25, 0.3) is 5.91 Å². The van der Waals surface area contributed by atoms with Gasteiger partial charge in [0.1, 0.15) is 0 Å². The Hall–Kier alpha value is -0.530. The molecule has 0 bridgehead atoms. The van der Waals surface area contributed by atoms with Crippen molar-refractivity contribution in [2.75, 3.05) is 0 Å². The summed E-state index contributed by atoms with van der Waals surface area (Å²) < 4.78 is 1.60. The van der Waals surface area contributed by atoms with Crippen molar-refractivity contribution in [2.24, 2.45) is 0 Å². The van der Waals surface area contributed by atoms with Crippen molar-refractivity contribution < 1.29 is 4.79 Å². The van der Waals surface area contributed by atoms with Crippen LogP contribution in [0.2, 0.25) is 0 Å². The predicted molar refractivity (Wildman–Crippen MR) is 66.3 cm³/mol. The molecule has 1 aromatic heterocycles. The maximum Gasteiger partial charge on any atom is 0.254 e. The summed E-state index contributed by atoms with van der Waals surface area (Å²) >= 11 is 11.5. The highest BCUT2D eigenvalue weighted by atomic mass is 79.9. The summed E-state index contributed by atoms with van der Waals surface area (Å²) in [4.78, 5) is 15.7. The van der Waals surface area contributed by atoms with Gasteiger partial charge in [-0.2, -0.15) is 0 Å². The molecule has 0 aliphatic carbocycles. The Bertz CT molecular complexity index is 452. The normalized spacial score (nSPS) is 20.0. The van der Waals surface area contributed by atoms with Gasteiger partial charge in [-0.05, 0) is 50.1 Å². The minimum atomic E-state index is -0.514. The zero-order valence-electron chi connectivity index (χ0n) is 7.25. The fraction of sp³-hybridized carbons (Fsp3) is 0.125. The molecule has 0 radical (unpaired) electrons. The average molecular weight is 351 g/mol. The molecule has 15 heavy (non-hydrogen) atoms. The summed E-state index contributed by atoms with van der Waals surface area (Å²) in [7, 11) is 0. The third-order valence-electron chi connectivity index (χ3n) is 1.88. The number of aromatic nitrogens is 1. The van der Waals surface area contributed by atoms with Gasteiger partial charge >= 0.3 is 0 Å². The van der Waals surface area contributed by atoms with E-state index in [1.807, 2.05) is 6.07 Å². The maximum atomic E-state index is 11.5. The minimum Gasteiger partial charge on any atom is -0.346 e. The smallest absolute Gasteiger partial charge is 0.254 e. The second kappa shape index (κ2) is 4.15. The molecule has 4 nitrogen and oxygen atoms in total. The first-order valence-electron chi connectivity index (χ1n) is 4.00. The lowest BCUT2D eigenvalue weighted by Crippen LogP contribution is -2.22. The van der Waals surface area contributed by atoms with Gasteiger partial charge in [0.05, 0.1) is 5.69 Å². The number of carbonyl (C=O) groups is 1. The molecule has 1 amide bonds. The van der Waals surface area contributed by atoms with E-state index < -0.39 is 6.04 Å². The molecule has 1 saturated heterocycles. The van der Waals surface area contributed by atoms with Gasteiger partial charge in [-0.25, -0.2) is 0 Å². The van der Waals surface area contributed by atoms with Crippen LogP contribution in [0.4, 0.5) is 0 Å². The van der Waals surface area contributed by atoms with Crippen LogP contribution in [0.25, 0.3) is 0 Å². The van der Waals surface area contributed by atoms with Gasteiger partial charge in [-0.15, -0.1) is 0 Å². The summed E-state index contributed by atoms with van der Waals surface area (Å²) in [6.07, 6.45) is 1.64. The first-order chi connectivity index (χ1) is 7.08. The molecule has 1 aromatic rings. The highest BCUT2D eigenvalue weighted by molar-refractivity contribution is 9.11. The number of carbonyl (C=O) groups excluding carboxylic acids is 1. The summed E-state index contributed by atoms with van der Waals surface area (Å²) in [6.45, 7) is 0. The second-order valence-electron chi connectivity index (χ2n) is 2.92. The van der Waals surface area contributed by atoms with Crippen molar-refractivity contribution in [3.63, 3.8) is 0 Å². The molecule has 1 unspecified atom stereocenters. The average Bonchev–Trinajstić information content (AvgIpc) is 2.45. The van der Waals surface area contributed by atoms with Crippen LogP contribution in [0.3, 0.4) is 0 Å². The Morgan fingerprint density at radius 2 is 2.20 bits per heavy atom. The van der Waals surface area contributed by atoms with Gasteiger partial charge < -0.3 is 10.6 Å². The highest BCUT2D eigenvalue weighted by Crippen LogP contribution is 2.25. The third kappa shape index (κ3) is 2.19. The van der Waals surface area contributed by atoms with E-state index in [4.69, 9.17) is 12.2 Å². The zero-order chi connectivity index (χ0) is 11.0. The van der Waals surface area contributed by atoms with Crippen molar-refractivity contribution in [3.8, 4) is 0 Å². The lowest BCUT2D eigenvalue weighted by atomic mass is 10.2. The third-order valence-corrected chi connectivity index (χ3v) is 3.17. The number of halogens is 2. The van der Waals surface area contributed by atoms with Crippen molar-refractivity contribution in [3.05, 3.63) is 26.9 Å². The van der Waals surface area contributed by atoms with Crippen molar-refractivity contribution >= 4 is 55.1 Å². The van der Waals surface area contributed by atoms with Gasteiger partial charge in [0.2, 0.25) is 0 Å². The van der Waals surface area contributed by atoms with Crippen LogP contribution in [-0.2, 0) is 4.79 Å². The first-order valence-corrected chi connectivity index (χ1v) is 5.99. The van der Waals surface area contributed by atoms with Crippen LogP contribution in [-0.4, -0.2) is 16.0 Å². The molecule has 0 aromatic carbocycles. The van der Waals surface area contributed by atoms with Crippen LogP contribution in [0, 0.1) is 0 Å². The Morgan fingerprint density at radius 3 is 2.73 bits per heavy atom. The fourth-order valence-corrected chi connectivity index (χ4v) is 2.68. The molecule has 0 saturated carbocycles. The molecule has 7 heteroatoms. The largest absolute Gasteiger partial charge is 0.346 e. The summed E-state index contributed by atoms with van der Waals surface area (Å²) in [6, 6.07) is 1.32. The van der Waals surface area contributed by atoms with Crippen molar-refractivity contribution in [1.82, 2.24) is 15.6 Å². The number of amides is 1. The Kier molecular flexibility index (Phi) is 3.03. The van der Waals surface area contributed by atoms with E-state index in [-0.39, 0.29) is 5.91 Å². The Balaban J connectivity index is 2.38. The Morgan fingerprint density at radius 1 is 1.47 bits per heavy atom. The number of thiocarbonyl (C=S) groups is 1. The fourth-order valence-electron chi connectivity index (χ4n) is 1.25. The van der Waals surface area contributed by atoms with Crippen molar-refractivity contribution in [2.45, 2.75) is 6.04 Å². The van der Waals surface area contributed by atoms with Crippen molar-refractivity contribution in [1.29, 1.82) is 0 Å². The van der Waals surface area contributed by atoms with E-state index in [0.29, 0.717) is 10.8 Å². The summed E-state index contributed by atoms with van der Waals surface area (Å²) in [5.41, 5.74) is 0.621. The maximum absolute atomic E-state index is 11.5. The zero-order valence-corrected chi connectivity index (χ0v) is 11.2. The molecule has 1 atom stereocenters. The standard InChI is InChI=1S/C8H5Br2N3OS/c9-3-1-4(10)5(11-2-3)6-7(14)13-8(15)12-6/h1-2,6H,(H2,12,13,14,15). The number of nitrogens with zero attached hydrogens (tertiary/aromatic N) is 1. The van der Waals surface area contributed by atoms with Gasteiger partial charge in [0.15, 0.2) is 11.2 Å². The van der Waals surface area contributed by atoms with E-state index >= 15 is 0 Å². The lowest BCUT2D eigenvalue weighted by Gasteiger charge is -2.09. The van der Waals surface area contributed by atoms with Crippen LogP contribution in [0.5, 0.6) is 0 Å². The quantitative estimate of drug-likeness (QED) is 0.756. The Labute approximate surface area is 108 Å². The highest BCUT2D eigenvalue weighted by Gasteiger charge is 2.31. The number of nitrogens with one attached hydrogen (secondary N) is 2. The van der Waals surface area contributed by atoms with E-state index in [1.165, 1.54) is 0 Å². The molecule has 2 heterocycles. The van der Waals surface area contributed by atoms with Crippen LogP contribution in [0.1, 0.15) is 11.7 Å². The van der Waals surface area contributed by atoms with E-state index in [2.05, 4.69) is 47.5 Å². The molecule has 2 N–H and O–H groups in total. The van der Waals surface area contributed by atoms with E-state index in [1.54, 1.807) is 6.20 Å². The van der Waals surface area contributed by atoms with Gasteiger partial charge in [-0.1, -0.05) is 0 Å². The summed E-state index contributed by atoms with van der Waals surface area (Å²) in [5, 5.41) is 5.69. The molecular formula is C8H5Br2N3OS. The molecule has 1 aliphatic heterocycles. The van der Waals surface area contributed by atoms with E-state index in [0.717, 1.165) is 8.95 Å². The topological polar surface area (TPSA) is 54.0 Å². The predicted octanol–water partition coefficient (Wildman–Crippen LogP) is 1.65.